The number of rotatable bonds is 4. The van der Waals surface area contributed by atoms with Gasteiger partial charge in [-0.1, -0.05) is 30.3 Å². The quantitative estimate of drug-likeness (QED) is 0.372. The lowest BCUT2D eigenvalue weighted by Gasteiger charge is -2.17. The fourth-order valence-corrected chi connectivity index (χ4v) is 3.83. The molecular formula is C23H21F6N5O6S. The van der Waals surface area contributed by atoms with Crippen LogP contribution in [-0.2, 0) is 39.2 Å². The van der Waals surface area contributed by atoms with Gasteiger partial charge in [0.25, 0.3) is 0 Å². The second-order valence-electron chi connectivity index (χ2n) is 8.08. The monoisotopic (exact) mass is 609 g/mol. The predicted octanol–water partition coefficient (Wildman–Crippen LogP) is 3.69. The van der Waals surface area contributed by atoms with Crippen LogP contribution in [0.4, 0.5) is 32.3 Å². The Morgan fingerprint density at radius 2 is 1.49 bits per heavy atom. The van der Waals surface area contributed by atoms with Crippen LogP contribution in [0, 0.1) is 0 Å². The number of fused-ring (bicyclic) bond motifs is 3. The average Bonchev–Trinajstić information content (AvgIpc) is 3.04. The van der Waals surface area contributed by atoms with Crippen molar-refractivity contribution in [3.8, 4) is 11.3 Å². The number of pyridine rings is 1. The van der Waals surface area contributed by atoms with Crippen LogP contribution in [0.2, 0.25) is 0 Å². The van der Waals surface area contributed by atoms with E-state index in [1.54, 1.807) is 18.6 Å². The maximum absolute atomic E-state index is 12.2. The van der Waals surface area contributed by atoms with E-state index in [0.29, 0.717) is 19.0 Å². The molecule has 0 amide bonds. The van der Waals surface area contributed by atoms with Crippen LogP contribution in [0.3, 0.4) is 0 Å². The maximum Gasteiger partial charge on any atom is 0.490 e. The summed E-state index contributed by atoms with van der Waals surface area (Å²) in [6, 6.07) is 11.6. The minimum atomic E-state index is -5.08. The molecule has 1 aliphatic heterocycles. The van der Waals surface area contributed by atoms with Crippen molar-refractivity contribution in [2.24, 2.45) is 0 Å². The van der Waals surface area contributed by atoms with E-state index in [9.17, 15) is 34.8 Å². The first-order valence-corrected chi connectivity index (χ1v) is 12.9. The number of aliphatic carboxylic acids is 2. The van der Waals surface area contributed by atoms with E-state index in [1.165, 1.54) is 10.6 Å². The van der Waals surface area contributed by atoms with Gasteiger partial charge in [-0.05, 0) is 17.2 Å². The van der Waals surface area contributed by atoms with Gasteiger partial charge in [0.15, 0.2) is 0 Å². The molecule has 0 radical (unpaired) electrons. The van der Waals surface area contributed by atoms with Gasteiger partial charge in [-0.15, -0.1) is 0 Å². The molecule has 4 rings (SSSR count). The molecule has 3 heterocycles. The van der Waals surface area contributed by atoms with Crippen LogP contribution in [0.25, 0.3) is 11.3 Å². The molecule has 41 heavy (non-hydrogen) atoms. The summed E-state index contributed by atoms with van der Waals surface area (Å²) in [5.41, 5.74) is 4.45. The van der Waals surface area contributed by atoms with Gasteiger partial charge in [0.05, 0.1) is 11.9 Å². The van der Waals surface area contributed by atoms with Crippen molar-refractivity contribution in [1.29, 1.82) is 0 Å². The molecule has 18 heteroatoms. The van der Waals surface area contributed by atoms with Gasteiger partial charge in [0.1, 0.15) is 0 Å². The Balaban J connectivity index is 0.000000349. The number of hydrogen-bond donors (Lipinski definition) is 3. The molecule has 0 spiro atoms. The Morgan fingerprint density at radius 3 is 2.00 bits per heavy atom. The van der Waals surface area contributed by atoms with E-state index in [0.717, 1.165) is 27.9 Å². The Kier molecular flexibility index (Phi) is 10.7. The van der Waals surface area contributed by atoms with Gasteiger partial charge in [-0.3, -0.25) is 4.98 Å². The summed E-state index contributed by atoms with van der Waals surface area (Å²) in [7, 11) is -3.34. The molecular weight excluding hydrogens is 588 g/mol. The number of aromatic nitrogens is 3. The van der Waals surface area contributed by atoms with Gasteiger partial charge in [-0.25, -0.2) is 28.0 Å². The normalized spacial score (nSPS) is 13.1. The number of carboxylic acid groups (broad SMARTS) is 2. The Hall–Kier alpha value is -4.32. The van der Waals surface area contributed by atoms with Crippen LogP contribution in [0.15, 0.2) is 55.0 Å². The molecule has 0 saturated carbocycles. The third kappa shape index (κ3) is 10.3. The fourth-order valence-electron chi connectivity index (χ4n) is 3.08. The van der Waals surface area contributed by atoms with Gasteiger partial charge in [-0.2, -0.15) is 30.6 Å². The summed E-state index contributed by atoms with van der Waals surface area (Å²) in [5, 5.41) is 17.5. The van der Waals surface area contributed by atoms with Gasteiger partial charge in [0, 0.05) is 49.4 Å². The van der Waals surface area contributed by atoms with E-state index in [2.05, 4.69) is 20.3 Å². The van der Waals surface area contributed by atoms with Gasteiger partial charge in [0.2, 0.25) is 16.0 Å². The summed E-state index contributed by atoms with van der Waals surface area (Å²) in [6.45, 7) is 1.14. The molecule has 0 bridgehead atoms. The average molecular weight is 610 g/mol. The summed E-state index contributed by atoms with van der Waals surface area (Å²) < 4.78 is 89.2. The molecule has 2 aromatic heterocycles. The standard InChI is InChI=1S/C19H19N5O2S.2C2HF3O2/c1-27(25,26)24-12-15-6-2-3-7-17(15)18-16(13-24)11-22-19(23-18)21-10-14-5-4-8-20-9-14;2*3-2(4,5)1(6)7/h2-9,11H,10,12-13H2,1H3,(H,21,22,23);2*(H,6,7). The zero-order valence-electron chi connectivity index (χ0n) is 20.8. The lowest BCUT2D eigenvalue weighted by molar-refractivity contribution is -0.193. The number of nitrogens with one attached hydrogen (secondary N) is 1. The van der Waals surface area contributed by atoms with Crippen molar-refractivity contribution in [3.05, 3.63) is 71.7 Å². The van der Waals surface area contributed by atoms with Crippen LogP contribution in [0.1, 0.15) is 16.7 Å². The molecule has 3 aromatic rings. The minimum Gasteiger partial charge on any atom is -0.475 e. The predicted molar refractivity (Wildman–Crippen MR) is 131 cm³/mol. The van der Waals surface area contributed by atoms with Crippen molar-refractivity contribution in [2.45, 2.75) is 32.0 Å². The molecule has 11 nitrogen and oxygen atoms in total. The summed E-state index contributed by atoms with van der Waals surface area (Å²) in [6.07, 6.45) is -3.72. The smallest absolute Gasteiger partial charge is 0.475 e. The molecule has 1 aliphatic rings. The van der Waals surface area contributed by atoms with E-state index in [-0.39, 0.29) is 6.54 Å². The molecule has 0 saturated heterocycles. The third-order valence-corrected chi connectivity index (χ3v) is 6.15. The summed E-state index contributed by atoms with van der Waals surface area (Å²) in [5.74, 6) is -5.01. The fraction of sp³-hybridized carbons (Fsp3) is 0.261. The lowest BCUT2D eigenvalue weighted by atomic mass is 10.0. The van der Waals surface area contributed by atoms with E-state index in [1.807, 2.05) is 36.4 Å². The molecule has 1 aromatic carbocycles. The Labute approximate surface area is 228 Å². The Bertz CT molecular complexity index is 1450. The van der Waals surface area contributed by atoms with E-state index >= 15 is 0 Å². The summed E-state index contributed by atoms with van der Waals surface area (Å²) >= 11 is 0. The van der Waals surface area contributed by atoms with Gasteiger partial charge < -0.3 is 15.5 Å². The minimum absolute atomic E-state index is 0.256. The second-order valence-corrected chi connectivity index (χ2v) is 10.1. The Morgan fingerprint density at radius 1 is 0.927 bits per heavy atom. The van der Waals surface area contributed by atoms with Crippen molar-refractivity contribution >= 4 is 27.9 Å². The highest BCUT2D eigenvalue weighted by molar-refractivity contribution is 7.88. The number of alkyl halides is 6. The lowest BCUT2D eigenvalue weighted by Crippen LogP contribution is -2.28. The zero-order chi connectivity index (χ0) is 31.0. The zero-order valence-corrected chi connectivity index (χ0v) is 21.6. The number of halogens is 6. The maximum atomic E-state index is 12.2. The van der Waals surface area contributed by atoms with Crippen LogP contribution in [0.5, 0.6) is 0 Å². The third-order valence-electron chi connectivity index (χ3n) is 4.96. The van der Waals surface area contributed by atoms with Gasteiger partial charge >= 0.3 is 24.3 Å². The molecule has 0 fully saturated rings. The number of sulfonamides is 1. The number of benzene rings is 1. The van der Waals surface area contributed by atoms with Crippen LogP contribution < -0.4 is 5.32 Å². The number of hydrogen-bond acceptors (Lipinski definition) is 8. The first-order valence-electron chi connectivity index (χ1n) is 11.0. The van der Waals surface area contributed by atoms with Crippen molar-refractivity contribution in [1.82, 2.24) is 19.3 Å². The number of carbonyl (C=O) groups is 2. The SMILES string of the molecule is CS(=O)(=O)N1Cc2ccccc2-c2nc(NCc3cccnc3)ncc2C1.O=C(O)C(F)(F)F.O=C(O)C(F)(F)F. The molecule has 222 valence electrons. The van der Waals surface area contributed by atoms with E-state index in [4.69, 9.17) is 19.8 Å². The number of nitrogens with zero attached hydrogens (tertiary/aromatic N) is 4. The topological polar surface area (TPSA) is 163 Å². The molecule has 3 N–H and O–H groups in total. The largest absolute Gasteiger partial charge is 0.490 e. The molecule has 0 unspecified atom stereocenters. The van der Waals surface area contributed by atoms with Crippen molar-refractivity contribution < 1.29 is 54.6 Å². The van der Waals surface area contributed by atoms with E-state index < -0.39 is 34.3 Å². The number of carboxylic acids is 2. The highest BCUT2D eigenvalue weighted by Crippen LogP contribution is 2.32. The van der Waals surface area contributed by atoms with Crippen molar-refractivity contribution in [2.75, 3.05) is 11.6 Å². The number of anilines is 1. The summed E-state index contributed by atoms with van der Waals surface area (Å²) in [4.78, 5) is 30.9. The highest BCUT2D eigenvalue weighted by atomic mass is 32.2. The highest BCUT2D eigenvalue weighted by Gasteiger charge is 2.38. The van der Waals surface area contributed by atoms with Crippen LogP contribution >= 0.6 is 0 Å². The molecule has 0 atom stereocenters. The van der Waals surface area contributed by atoms with Crippen LogP contribution in [-0.4, -0.2) is 68.4 Å². The second kappa shape index (κ2) is 13.4. The molecule has 0 aliphatic carbocycles. The first kappa shape index (κ1) is 32.9. The van der Waals surface area contributed by atoms with Crippen molar-refractivity contribution in [3.63, 3.8) is 0 Å². The first-order chi connectivity index (χ1) is 18.9.